The molecule has 2 atom stereocenters. The molecule has 94 valence electrons. The van der Waals surface area contributed by atoms with Crippen LogP contribution in [0.3, 0.4) is 0 Å². The van der Waals surface area contributed by atoms with Crippen molar-refractivity contribution in [3.05, 3.63) is 0 Å². The van der Waals surface area contributed by atoms with Gasteiger partial charge in [0, 0.05) is 24.2 Å². The number of carbonyl (C=O) groups excluding carboxylic acids is 1. The molecule has 1 aliphatic rings. The number of aliphatic hydroxyl groups is 2. The van der Waals surface area contributed by atoms with E-state index in [1.165, 1.54) is 0 Å². The summed E-state index contributed by atoms with van der Waals surface area (Å²) in [5.41, 5.74) is 0. The van der Waals surface area contributed by atoms with Gasteiger partial charge in [0.2, 0.25) is 5.91 Å². The maximum atomic E-state index is 11.6. The summed E-state index contributed by atoms with van der Waals surface area (Å²) in [6.45, 7) is 0.116. The van der Waals surface area contributed by atoms with Crippen LogP contribution in [0.4, 0.5) is 0 Å². The molecule has 6 heteroatoms. The van der Waals surface area contributed by atoms with Crippen LogP contribution in [0.25, 0.3) is 0 Å². The van der Waals surface area contributed by atoms with Gasteiger partial charge in [-0.1, -0.05) is 21.6 Å². The zero-order chi connectivity index (χ0) is 11.8. The zero-order valence-electron chi connectivity index (χ0n) is 9.22. The van der Waals surface area contributed by atoms with Crippen LogP contribution in [0.15, 0.2) is 0 Å². The van der Waals surface area contributed by atoms with Crippen molar-refractivity contribution in [2.75, 3.05) is 18.1 Å². The summed E-state index contributed by atoms with van der Waals surface area (Å²) in [5, 5.41) is 21.0. The van der Waals surface area contributed by atoms with Crippen LogP contribution in [0.2, 0.25) is 0 Å². The minimum Gasteiger partial charge on any atom is -0.396 e. The summed E-state index contributed by atoms with van der Waals surface area (Å²) in [6.07, 6.45) is 1.81. The third-order valence-electron chi connectivity index (χ3n) is 2.44. The Hall–Kier alpha value is 0.0900. The summed E-state index contributed by atoms with van der Waals surface area (Å²) >= 11 is 0. The largest absolute Gasteiger partial charge is 0.396 e. The Labute approximate surface area is 104 Å². The summed E-state index contributed by atoms with van der Waals surface area (Å²) < 4.78 is 0. The molecule has 0 spiro atoms. The second kappa shape index (κ2) is 8.22. The van der Waals surface area contributed by atoms with Gasteiger partial charge >= 0.3 is 0 Å². The Balaban J connectivity index is 2.16. The van der Waals surface area contributed by atoms with Crippen molar-refractivity contribution >= 4 is 27.5 Å². The maximum Gasteiger partial charge on any atom is 0.249 e. The van der Waals surface area contributed by atoms with E-state index in [1.54, 1.807) is 10.8 Å². The van der Waals surface area contributed by atoms with E-state index in [1.807, 2.05) is 10.8 Å². The van der Waals surface area contributed by atoms with Gasteiger partial charge in [-0.25, -0.2) is 0 Å². The second-order valence-electron chi connectivity index (χ2n) is 3.84. The van der Waals surface area contributed by atoms with E-state index in [2.05, 4.69) is 5.32 Å². The smallest absolute Gasteiger partial charge is 0.249 e. The van der Waals surface area contributed by atoms with E-state index in [0.717, 1.165) is 17.9 Å². The molecule has 1 fully saturated rings. The van der Waals surface area contributed by atoms with Crippen molar-refractivity contribution in [1.82, 2.24) is 5.32 Å². The van der Waals surface area contributed by atoms with Crippen LogP contribution in [-0.2, 0) is 4.79 Å². The summed E-state index contributed by atoms with van der Waals surface area (Å²) in [6, 6.07) is 0.200. The molecule has 0 aromatic rings. The first kappa shape index (κ1) is 14.2. The molecule has 1 heterocycles. The van der Waals surface area contributed by atoms with Gasteiger partial charge < -0.3 is 15.5 Å². The molecule has 1 amide bonds. The molecule has 1 rings (SSSR count). The van der Waals surface area contributed by atoms with E-state index in [4.69, 9.17) is 5.11 Å². The van der Waals surface area contributed by atoms with Crippen LogP contribution in [0, 0.1) is 0 Å². The summed E-state index contributed by atoms with van der Waals surface area (Å²) in [5.74, 6) is 1.70. The number of nitrogens with one attached hydrogen (secondary N) is 1. The normalized spacial score (nSPS) is 22.8. The number of rotatable bonds is 6. The molecule has 1 unspecified atom stereocenters. The lowest BCUT2D eigenvalue weighted by atomic mass is 10.1. The van der Waals surface area contributed by atoms with Crippen LogP contribution in [0.1, 0.15) is 25.7 Å². The number of amides is 1. The van der Waals surface area contributed by atoms with E-state index >= 15 is 0 Å². The number of carbonyl (C=O) groups is 1. The number of unbranched alkanes of at least 4 members (excludes halogenated alkanes) is 1. The Morgan fingerprint density at radius 2 is 2.25 bits per heavy atom. The van der Waals surface area contributed by atoms with Crippen molar-refractivity contribution in [2.45, 2.75) is 37.8 Å². The molecule has 0 aliphatic carbocycles. The maximum absolute atomic E-state index is 11.6. The molecule has 0 bridgehead atoms. The molecular weight excluding hydrogens is 246 g/mol. The van der Waals surface area contributed by atoms with Gasteiger partial charge in [0.25, 0.3) is 0 Å². The third-order valence-corrected chi connectivity index (χ3v) is 4.95. The standard InChI is InChI=1S/C10H19NO3S2/c12-5-2-1-3-9(13)10(14)11-8-4-6-15-16-7-8/h8-9,12-13H,1-7H2,(H,11,14)/t8?,9-/m0/s1. The first-order valence-corrected chi connectivity index (χ1v) is 8.06. The molecule has 16 heavy (non-hydrogen) atoms. The van der Waals surface area contributed by atoms with Crippen LogP contribution >= 0.6 is 21.6 Å². The van der Waals surface area contributed by atoms with Gasteiger partial charge in [-0.15, -0.1) is 0 Å². The lowest BCUT2D eigenvalue weighted by Crippen LogP contribution is -2.43. The fraction of sp³-hybridized carbons (Fsp3) is 0.900. The molecular formula is C10H19NO3S2. The minimum absolute atomic E-state index is 0.116. The summed E-state index contributed by atoms with van der Waals surface area (Å²) in [4.78, 5) is 11.6. The Bertz CT molecular complexity index is 210. The van der Waals surface area contributed by atoms with Gasteiger partial charge in [-0.05, 0) is 25.7 Å². The van der Waals surface area contributed by atoms with Crippen molar-refractivity contribution in [2.24, 2.45) is 0 Å². The van der Waals surface area contributed by atoms with E-state index in [9.17, 15) is 9.90 Å². The Kier molecular flexibility index (Phi) is 7.27. The lowest BCUT2D eigenvalue weighted by molar-refractivity contribution is -0.130. The van der Waals surface area contributed by atoms with E-state index in [0.29, 0.717) is 19.3 Å². The first-order valence-electron chi connectivity index (χ1n) is 5.57. The van der Waals surface area contributed by atoms with Gasteiger partial charge in [0.15, 0.2) is 0 Å². The van der Waals surface area contributed by atoms with Gasteiger partial charge in [-0.2, -0.15) is 0 Å². The highest BCUT2D eigenvalue weighted by molar-refractivity contribution is 8.76. The average molecular weight is 265 g/mol. The number of aliphatic hydroxyl groups excluding tert-OH is 2. The Morgan fingerprint density at radius 3 is 2.88 bits per heavy atom. The second-order valence-corrected chi connectivity index (χ2v) is 6.46. The SMILES string of the molecule is O=C(NC1CCSSC1)[C@@H](O)CCCCO. The fourth-order valence-corrected chi connectivity index (χ4v) is 3.89. The predicted molar refractivity (Wildman–Crippen MR) is 68.4 cm³/mol. The quantitative estimate of drug-likeness (QED) is 0.489. The van der Waals surface area contributed by atoms with Gasteiger partial charge in [0.1, 0.15) is 6.10 Å². The molecule has 0 aromatic heterocycles. The summed E-state index contributed by atoms with van der Waals surface area (Å²) in [7, 11) is 3.59. The van der Waals surface area contributed by atoms with Gasteiger partial charge in [-0.3, -0.25) is 4.79 Å². The Morgan fingerprint density at radius 1 is 1.44 bits per heavy atom. The topological polar surface area (TPSA) is 69.6 Å². The average Bonchev–Trinajstić information content (AvgIpc) is 2.30. The molecule has 1 saturated heterocycles. The van der Waals surface area contributed by atoms with Crippen molar-refractivity contribution in [3.63, 3.8) is 0 Å². The fourth-order valence-electron chi connectivity index (χ4n) is 1.45. The number of hydrogen-bond donors (Lipinski definition) is 3. The highest BCUT2D eigenvalue weighted by Gasteiger charge is 2.20. The van der Waals surface area contributed by atoms with Crippen molar-refractivity contribution < 1.29 is 15.0 Å². The minimum atomic E-state index is -0.925. The van der Waals surface area contributed by atoms with Crippen LogP contribution in [0.5, 0.6) is 0 Å². The van der Waals surface area contributed by atoms with Gasteiger partial charge in [0.05, 0.1) is 0 Å². The van der Waals surface area contributed by atoms with Crippen molar-refractivity contribution in [1.29, 1.82) is 0 Å². The number of hydrogen-bond acceptors (Lipinski definition) is 5. The third kappa shape index (κ3) is 5.43. The van der Waals surface area contributed by atoms with E-state index in [-0.39, 0.29) is 18.6 Å². The molecule has 0 saturated carbocycles. The molecule has 3 N–H and O–H groups in total. The highest BCUT2D eigenvalue weighted by Crippen LogP contribution is 2.29. The zero-order valence-corrected chi connectivity index (χ0v) is 10.9. The van der Waals surface area contributed by atoms with Crippen LogP contribution < -0.4 is 5.32 Å². The van der Waals surface area contributed by atoms with E-state index < -0.39 is 6.10 Å². The molecule has 0 aromatic carbocycles. The first-order chi connectivity index (χ1) is 7.74. The predicted octanol–water partition coefficient (Wildman–Crippen LogP) is 0.780. The molecule has 0 radical (unpaired) electrons. The lowest BCUT2D eigenvalue weighted by Gasteiger charge is -2.23. The highest BCUT2D eigenvalue weighted by atomic mass is 33.1. The monoisotopic (exact) mass is 265 g/mol. The molecule has 4 nitrogen and oxygen atoms in total. The van der Waals surface area contributed by atoms with Crippen molar-refractivity contribution in [3.8, 4) is 0 Å². The van der Waals surface area contributed by atoms with Crippen LogP contribution in [-0.4, -0.2) is 46.4 Å². The molecule has 1 aliphatic heterocycles.